The molecule has 18 heavy (non-hydrogen) atoms. The molecule has 1 aliphatic heterocycles. The van der Waals surface area contributed by atoms with E-state index >= 15 is 0 Å². The Morgan fingerprint density at radius 3 is 2.50 bits per heavy atom. The molecule has 1 aromatic rings. The number of hydrogen-bond acceptors (Lipinski definition) is 1. The van der Waals surface area contributed by atoms with E-state index in [1.807, 2.05) is 4.90 Å². The van der Waals surface area contributed by atoms with Crippen LogP contribution < -0.4 is 0 Å². The van der Waals surface area contributed by atoms with Crippen molar-refractivity contribution in [1.29, 1.82) is 0 Å². The average molecular weight is 314 g/mol. The molecular formula is C14H17BrFNO. The largest absolute Gasteiger partial charge is 0.333 e. The van der Waals surface area contributed by atoms with Crippen molar-refractivity contribution < 1.29 is 9.18 Å². The minimum absolute atomic E-state index is 0.00426. The van der Waals surface area contributed by atoms with E-state index in [1.54, 1.807) is 12.1 Å². The van der Waals surface area contributed by atoms with E-state index < -0.39 is 0 Å². The lowest BCUT2D eigenvalue weighted by Crippen LogP contribution is -2.47. The van der Waals surface area contributed by atoms with Gasteiger partial charge in [-0.05, 0) is 67.2 Å². The second kappa shape index (κ2) is 5.39. The topological polar surface area (TPSA) is 20.3 Å². The number of nitrogens with zero attached hydrogens (tertiary/aromatic N) is 1. The van der Waals surface area contributed by atoms with Crippen molar-refractivity contribution in [3.63, 3.8) is 0 Å². The smallest absolute Gasteiger partial charge is 0.254 e. The molecule has 1 fully saturated rings. The lowest BCUT2D eigenvalue weighted by atomic mass is 9.96. The Balaban J connectivity index is 2.26. The zero-order chi connectivity index (χ0) is 13.3. The molecule has 2 rings (SSSR count). The summed E-state index contributed by atoms with van der Waals surface area (Å²) in [5.41, 5.74) is 0.545. The van der Waals surface area contributed by atoms with E-state index in [9.17, 15) is 9.18 Å². The molecule has 0 unspecified atom stereocenters. The Morgan fingerprint density at radius 2 is 1.94 bits per heavy atom. The molecule has 1 aliphatic rings. The van der Waals surface area contributed by atoms with Gasteiger partial charge in [0.2, 0.25) is 0 Å². The van der Waals surface area contributed by atoms with Crippen LogP contribution in [0, 0.1) is 5.82 Å². The maximum Gasteiger partial charge on any atom is 0.254 e. The second-order valence-corrected chi connectivity index (χ2v) is 5.82. The van der Waals surface area contributed by atoms with Crippen molar-refractivity contribution in [1.82, 2.24) is 4.90 Å². The summed E-state index contributed by atoms with van der Waals surface area (Å²) in [5, 5.41) is 0. The predicted octanol–water partition coefficient (Wildman–Crippen LogP) is 3.99. The molecule has 98 valence electrons. The average Bonchev–Trinajstić information content (AvgIpc) is 2.32. The zero-order valence-corrected chi connectivity index (χ0v) is 12.2. The monoisotopic (exact) mass is 313 g/mol. The van der Waals surface area contributed by atoms with Crippen molar-refractivity contribution in [2.45, 2.75) is 45.2 Å². The van der Waals surface area contributed by atoms with Crippen molar-refractivity contribution in [2.75, 3.05) is 0 Å². The minimum atomic E-state index is -0.341. The number of halogens is 2. The number of rotatable bonds is 1. The number of hydrogen-bond donors (Lipinski definition) is 0. The van der Waals surface area contributed by atoms with Crippen molar-refractivity contribution in [3.05, 3.63) is 34.1 Å². The van der Waals surface area contributed by atoms with Crippen LogP contribution in [0.1, 0.15) is 43.5 Å². The summed E-state index contributed by atoms with van der Waals surface area (Å²) in [7, 11) is 0. The molecule has 1 heterocycles. The van der Waals surface area contributed by atoms with E-state index in [1.165, 1.54) is 12.5 Å². The van der Waals surface area contributed by atoms with Gasteiger partial charge in [0, 0.05) is 17.6 Å². The number of carbonyl (C=O) groups excluding carboxylic acids is 1. The van der Waals surface area contributed by atoms with Crippen LogP contribution in [0.15, 0.2) is 22.7 Å². The van der Waals surface area contributed by atoms with Gasteiger partial charge in [0.1, 0.15) is 5.82 Å². The highest BCUT2D eigenvalue weighted by molar-refractivity contribution is 9.10. The molecule has 1 saturated heterocycles. The van der Waals surface area contributed by atoms with Crippen LogP contribution in [-0.4, -0.2) is 22.9 Å². The summed E-state index contributed by atoms with van der Waals surface area (Å²) < 4.78 is 13.5. The first-order valence-corrected chi connectivity index (χ1v) is 7.07. The summed E-state index contributed by atoms with van der Waals surface area (Å²) >= 11 is 3.12. The van der Waals surface area contributed by atoms with Gasteiger partial charge in [-0.3, -0.25) is 4.79 Å². The number of carbonyl (C=O) groups is 1. The molecule has 0 saturated carbocycles. The molecule has 1 amide bonds. The Hall–Kier alpha value is -0.900. The molecule has 4 heteroatoms. The van der Waals surface area contributed by atoms with E-state index in [0.717, 1.165) is 12.8 Å². The van der Waals surface area contributed by atoms with Crippen LogP contribution in [0.3, 0.4) is 0 Å². The molecule has 0 spiro atoms. The summed E-state index contributed by atoms with van der Waals surface area (Å²) in [6.07, 6.45) is 3.25. The summed E-state index contributed by atoms with van der Waals surface area (Å²) in [6, 6.07) is 4.95. The third kappa shape index (κ3) is 2.58. The predicted molar refractivity (Wildman–Crippen MR) is 73.0 cm³/mol. The lowest BCUT2D eigenvalue weighted by Gasteiger charge is -2.39. The second-order valence-electron chi connectivity index (χ2n) is 4.97. The molecule has 0 aliphatic carbocycles. The molecular weight excluding hydrogens is 297 g/mol. The van der Waals surface area contributed by atoms with E-state index in [-0.39, 0.29) is 23.8 Å². The van der Waals surface area contributed by atoms with Crippen LogP contribution in [0.5, 0.6) is 0 Å². The van der Waals surface area contributed by atoms with Gasteiger partial charge in [-0.15, -0.1) is 0 Å². The Kier molecular flexibility index (Phi) is 4.05. The van der Waals surface area contributed by atoms with E-state index in [4.69, 9.17) is 0 Å². The van der Waals surface area contributed by atoms with Gasteiger partial charge in [0.25, 0.3) is 5.91 Å². The first-order chi connectivity index (χ1) is 8.50. The maximum absolute atomic E-state index is 13.2. The van der Waals surface area contributed by atoms with Crippen molar-refractivity contribution in [3.8, 4) is 0 Å². The third-order valence-corrected chi connectivity index (χ3v) is 4.20. The highest BCUT2D eigenvalue weighted by Gasteiger charge is 2.29. The van der Waals surface area contributed by atoms with Gasteiger partial charge < -0.3 is 4.90 Å². The van der Waals surface area contributed by atoms with Gasteiger partial charge in [0.15, 0.2) is 0 Å². The molecule has 0 radical (unpaired) electrons. The summed E-state index contributed by atoms with van der Waals surface area (Å²) in [4.78, 5) is 14.4. The van der Waals surface area contributed by atoms with Crippen LogP contribution in [-0.2, 0) is 0 Å². The third-order valence-electron chi connectivity index (χ3n) is 3.59. The van der Waals surface area contributed by atoms with Crippen LogP contribution in [0.2, 0.25) is 0 Å². The fraction of sp³-hybridized carbons (Fsp3) is 0.500. The van der Waals surface area contributed by atoms with Gasteiger partial charge >= 0.3 is 0 Å². The Morgan fingerprint density at radius 1 is 1.33 bits per heavy atom. The summed E-state index contributed by atoms with van der Waals surface area (Å²) in [5.74, 6) is -0.346. The van der Waals surface area contributed by atoms with Crippen molar-refractivity contribution in [2.24, 2.45) is 0 Å². The van der Waals surface area contributed by atoms with E-state index in [2.05, 4.69) is 29.8 Å². The standard InChI is InChI=1S/C14H17BrFNO/c1-9-4-3-5-10(2)17(9)14(18)11-6-7-13(16)12(15)8-11/h6-10H,3-5H2,1-2H3/t9-,10+. The summed E-state index contributed by atoms with van der Waals surface area (Å²) in [6.45, 7) is 4.15. The lowest BCUT2D eigenvalue weighted by molar-refractivity contribution is 0.0510. The molecule has 2 nitrogen and oxygen atoms in total. The number of piperidine rings is 1. The zero-order valence-electron chi connectivity index (χ0n) is 10.6. The quantitative estimate of drug-likeness (QED) is 0.767. The number of benzene rings is 1. The van der Waals surface area contributed by atoms with E-state index in [0.29, 0.717) is 10.0 Å². The van der Waals surface area contributed by atoms with Crippen LogP contribution in [0.25, 0.3) is 0 Å². The fourth-order valence-electron chi connectivity index (χ4n) is 2.60. The van der Waals surface area contributed by atoms with Gasteiger partial charge in [-0.2, -0.15) is 0 Å². The first-order valence-electron chi connectivity index (χ1n) is 6.28. The highest BCUT2D eigenvalue weighted by Crippen LogP contribution is 2.26. The Bertz CT molecular complexity index is 453. The van der Waals surface area contributed by atoms with Crippen LogP contribution >= 0.6 is 15.9 Å². The normalized spacial score (nSPS) is 24.1. The van der Waals surface area contributed by atoms with Gasteiger partial charge in [0.05, 0.1) is 4.47 Å². The maximum atomic E-state index is 13.2. The minimum Gasteiger partial charge on any atom is -0.333 e. The van der Waals surface area contributed by atoms with Crippen LogP contribution in [0.4, 0.5) is 4.39 Å². The SMILES string of the molecule is C[C@@H]1CCC[C@H](C)N1C(=O)c1ccc(F)c(Br)c1. The van der Waals surface area contributed by atoms with Gasteiger partial charge in [-0.25, -0.2) is 4.39 Å². The number of amides is 1. The first kappa shape index (κ1) is 13.5. The van der Waals surface area contributed by atoms with Gasteiger partial charge in [-0.1, -0.05) is 0 Å². The fourth-order valence-corrected chi connectivity index (χ4v) is 2.98. The highest BCUT2D eigenvalue weighted by atomic mass is 79.9. The number of likely N-dealkylation sites (tertiary alicyclic amines) is 1. The molecule has 2 atom stereocenters. The molecule has 0 N–H and O–H groups in total. The molecule has 0 bridgehead atoms. The molecule has 1 aromatic carbocycles. The van der Waals surface area contributed by atoms with Crippen molar-refractivity contribution >= 4 is 21.8 Å². The molecule has 0 aromatic heterocycles. The Labute approximate surface area is 115 Å².